The van der Waals surface area contributed by atoms with Crippen LogP contribution in [0.3, 0.4) is 0 Å². The lowest BCUT2D eigenvalue weighted by Crippen LogP contribution is -2.58. The van der Waals surface area contributed by atoms with Crippen LogP contribution < -0.4 is 4.74 Å². The maximum atomic E-state index is 12.6. The number of phenols is 1. The van der Waals surface area contributed by atoms with Gasteiger partial charge in [0.15, 0.2) is 0 Å². The zero-order valence-electron chi connectivity index (χ0n) is 18.3. The molecule has 32 heavy (non-hydrogen) atoms. The molecule has 4 rings (SSSR count). The number of carboxylic acids is 1. The molecule has 2 aliphatic heterocycles. The molecule has 0 spiro atoms. The van der Waals surface area contributed by atoms with Crippen LogP contribution in [0.1, 0.15) is 34.7 Å². The Morgan fingerprint density at radius 3 is 2.59 bits per heavy atom. The van der Waals surface area contributed by atoms with E-state index in [1.54, 1.807) is 11.0 Å². The molecule has 2 saturated heterocycles. The van der Waals surface area contributed by atoms with Crippen LogP contribution in [0.25, 0.3) is 0 Å². The number of ether oxygens (including phenoxy) is 2. The van der Waals surface area contributed by atoms with Gasteiger partial charge in [-0.25, -0.2) is 4.79 Å². The SMILES string of the molecule is C[N+]1(C)CCO[C@H](CC(=O)N2CC(Oc3ccc([C@@H]4C[C@@H]4B(O)O)c(O)c3C(=O)O)C2)C1. The standard InChI is InChI=1S/C21H29BN2O8/c1-24(2)5-6-31-12(11-24)7-18(25)23-9-13(10-23)32-17-4-3-14(15-8-16(15)22(29)30)20(26)19(17)21(27)28/h3-4,12-13,15-16,29-30H,5-11H2,1-2H3,(H-,26,27,28)/p+1/t12-,15+,16+/m1/s1. The van der Waals surface area contributed by atoms with Crippen molar-refractivity contribution in [3.05, 3.63) is 23.3 Å². The average Bonchev–Trinajstić information content (AvgIpc) is 3.43. The van der Waals surface area contributed by atoms with Crippen molar-refractivity contribution in [1.29, 1.82) is 0 Å². The van der Waals surface area contributed by atoms with Crippen molar-refractivity contribution < 1.29 is 43.8 Å². The summed E-state index contributed by atoms with van der Waals surface area (Å²) in [5.74, 6) is -2.44. The van der Waals surface area contributed by atoms with E-state index in [2.05, 4.69) is 14.1 Å². The summed E-state index contributed by atoms with van der Waals surface area (Å²) in [4.78, 5) is 26.0. The highest BCUT2D eigenvalue weighted by atomic mass is 16.5. The summed E-state index contributed by atoms with van der Waals surface area (Å²) in [6, 6.07) is 3.05. The molecule has 1 amide bonds. The van der Waals surface area contributed by atoms with E-state index in [0.717, 1.165) is 17.6 Å². The Balaban J connectivity index is 1.35. The maximum Gasteiger partial charge on any atom is 0.455 e. The Kier molecular flexibility index (Phi) is 6.10. The van der Waals surface area contributed by atoms with Crippen molar-refractivity contribution in [2.75, 3.05) is 46.9 Å². The molecular weight excluding hydrogens is 419 g/mol. The number of aromatic carboxylic acids is 1. The Morgan fingerprint density at radius 2 is 2.00 bits per heavy atom. The number of likely N-dealkylation sites (N-methyl/N-ethyl adjacent to an activating group) is 1. The molecule has 0 bridgehead atoms. The molecule has 174 valence electrons. The fourth-order valence-electron chi connectivity index (χ4n) is 4.60. The molecular formula is C21H30BN2O8+. The summed E-state index contributed by atoms with van der Waals surface area (Å²) in [6.07, 6.45) is 0.293. The minimum atomic E-state index is -1.51. The first-order valence-corrected chi connectivity index (χ1v) is 10.9. The second kappa shape index (κ2) is 8.55. The Morgan fingerprint density at radius 1 is 1.28 bits per heavy atom. The number of hydrogen-bond acceptors (Lipinski definition) is 7. The first-order chi connectivity index (χ1) is 15.1. The van der Waals surface area contributed by atoms with Gasteiger partial charge in [0.05, 0.1) is 40.2 Å². The molecule has 2 heterocycles. The molecule has 1 saturated carbocycles. The van der Waals surface area contributed by atoms with Gasteiger partial charge in [0.1, 0.15) is 42.4 Å². The van der Waals surface area contributed by atoms with E-state index in [1.807, 2.05) is 0 Å². The molecule has 1 aliphatic carbocycles. The number of quaternary nitrogens is 1. The zero-order chi connectivity index (χ0) is 23.2. The lowest BCUT2D eigenvalue weighted by atomic mass is 9.81. The van der Waals surface area contributed by atoms with Crippen LogP contribution in [0.15, 0.2) is 12.1 Å². The number of rotatable bonds is 7. The van der Waals surface area contributed by atoms with Crippen LogP contribution in [0.5, 0.6) is 11.5 Å². The lowest BCUT2D eigenvalue weighted by Gasteiger charge is -2.41. The van der Waals surface area contributed by atoms with Crippen molar-refractivity contribution in [1.82, 2.24) is 4.90 Å². The Labute approximate surface area is 186 Å². The van der Waals surface area contributed by atoms with Gasteiger partial charge in [-0.2, -0.15) is 0 Å². The first kappa shape index (κ1) is 22.8. The fraction of sp³-hybridized carbons (Fsp3) is 0.619. The van der Waals surface area contributed by atoms with Gasteiger partial charge in [0.25, 0.3) is 0 Å². The van der Waals surface area contributed by atoms with Crippen molar-refractivity contribution in [2.24, 2.45) is 0 Å². The van der Waals surface area contributed by atoms with Gasteiger partial charge < -0.3 is 39.1 Å². The zero-order valence-corrected chi connectivity index (χ0v) is 18.3. The number of morpholine rings is 1. The van der Waals surface area contributed by atoms with Crippen LogP contribution in [-0.4, -0.2) is 108 Å². The van der Waals surface area contributed by atoms with Gasteiger partial charge in [-0.1, -0.05) is 6.07 Å². The van der Waals surface area contributed by atoms with E-state index in [0.29, 0.717) is 38.1 Å². The number of aromatic hydroxyl groups is 1. The molecule has 0 unspecified atom stereocenters. The van der Waals surface area contributed by atoms with Crippen LogP contribution in [0.2, 0.25) is 5.82 Å². The van der Waals surface area contributed by atoms with Gasteiger partial charge in [-0.05, 0) is 24.0 Å². The summed E-state index contributed by atoms with van der Waals surface area (Å²) in [7, 11) is 2.72. The van der Waals surface area contributed by atoms with Crippen LogP contribution in [-0.2, 0) is 9.53 Å². The molecule has 4 N–H and O–H groups in total. The number of carbonyl (C=O) groups excluding carboxylic acids is 1. The van der Waals surface area contributed by atoms with Crippen molar-refractivity contribution >= 4 is 19.0 Å². The number of benzene rings is 1. The van der Waals surface area contributed by atoms with Gasteiger partial charge in [-0.15, -0.1) is 0 Å². The summed E-state index contributed by atoms with van der Waals surface area (Å²) in [5, 5.41) is 38.7. The number of likely N-dealkylation sites (tertiary alicyclic amines) is 1. The largest absolute Gasteiger partial charge is 0.507 e. The molecule has 11 heteroatoms. The predicted octanol–water partition coefficient (Wildman–Crippen LogP) is -0.124. The van der Waals surface area contributed by atoms with E-state index in [1.165, 1.54) is 6.07 Å². The van der Waals surface area contributed by atoms with E-state index in [9.17, 15) is 29.9 Å². The molecule has 3 fully saturated rings. The highest BCUT2D eigenvalue weighted by molar-refractivity contribution is 6.44. The number of nitrogens with zero attached hydrogens (tertiary/aromatic N) is 2. The molecule has 3 aliphatic rings. The van der Waals surface area contributed by atoms with Gasteiger partial charge in [-0.3, -0.25) is 4.79 Å². The fourth-order valence-corrected chi connectivity index (χ4v) is 4.60. The summed E-state index contributed by atoms with van der Waals surface area (Å²) in [5.41, 5.74) is 0.0213. The Bertz CT molecular complexity index is 902. The third-order valence-corrected chi connectivity index (χ3v) is 6.65. The monoisotopic (exact) mass is 449 g/mol. The second-order valence-electron chi connectivity index (χ2n) is 9.68. The van der Waals surface area contributed by atoms with Crippen LogP contribution in [0, 0.1) is 0 Å². The van der Waals surface area contributed by atoms with Crippen molar-refractivity contribution in [3.8, 4) is 11.5 Å². The first-order valence-electron chi connectivity index (χ1n) is 10.9. The summed E-state index contributed by atoms with van der Waals surface area (Å²) < 4.78 is 12.3. The minimum absolute atomic E-state index is 0.0178. The topological polar surface area (TPSA) is 137 Å². The van der Waals surface area contributed by atoms with E-state index in [-0.39, 0.29) is 35.3 Å². The molecule has 0 radical (unpaired) electrons. The van der Waals surface area contributed by atoms with Gasteiger partial charge in [0, 0.05) is 5.82 Å². The highest BCUT2D eigenvalue weighted by Crippen LogP contribution is 2.56. The number of amides is 1. The minimum Gasteiger partial charge on any atom is -0.507 e. The van der Waals surface area contributed by atoms with E-state index >= 15 is 0 Å². The Hall–Kier alpha value is -2.34. The molecule has 10 nitrogen and oxygen atoms in total. The summed E-state index contributed by atoms with van der Waals surface area (Å²) >= 11 is 0. The third-order valence-electron chi connectivity index (χ3n) is 6.65. The quantitative estimate of drug-likeness (QED) is 0.334. The molecule has 3 atom stereocenters. The highest BCUT2D eigenvalue weighted by Gasteiger charge is 2.48. The number of carboxylic acid groups (broad SMARTS) is 1. The third kappa shape index (κ3) is 4.70. The lowest BCUT2D eigenvalue weighted by molar-refractivity contribution is -0.901. The van der Waals surface area contributed by atoms with Gasteiger partial charge >= 0.3 is 13.1 Å². The molecule has 1 aromatic carbocycles. The van der Waals surface area contributed by atoms with Gasteiger partial charge in [0.2, 0.25) is 5.91 Å². The molecule has 1 aromatic rings. The van der Waals surface area contributed by atoms with E-state index < -0.39 is 24.7 Å². The smallest absolute Gasteiger partial charge is 0.455 e. The van der Waals surface area contributed by atoms with Crippen molar-refractivity contribution in [2.45, 2.75) is 36.8 Å². The predicted molar refractivity (Wildman–Crippen MR) is 114 cm³/mol. The van der Waals surface area contributed by atoms with Crippen molar-refractivity contribution in [3.63, 3.8) is 0 Å². The van der Waals surface area contributed by atoms with Crippen LogP contribution in [0.4, 0.5) is 0 Å². The van der Waals surface area contributed by atoms with E-state index in [4.69, 9.17) is 9.47 Å². The molecule has 0 aromatic heterocycles. The number of carbonyl (C=O) groups is 2. The summed E-state index contributed by atoms with van der Waals surface area (Å²) in [6.45, 7) is 3.01. The number of hydrogen-bond donors (Lipinski definition) is 4. The maximum absolute atomic E-state index is 12.6. The van der Waals surface area contributed by atoms with Crippen LogP contribution >= 0.6 is 0 Å². The second-order valence-corrected chi connectivity index (χ2v) is 9.68. The normalized spacial score (nSPS) is 26.9. The average molecular weight is 449 g/mol.